The Morgan fingerprint density at radius 2 is 1.96 bits per heavy atom. The minimum Gasteiger partial charge on any atom is -0.329 e. The predicted octanol–water partition coefficient (Wildman–Crippen LogP) is 4.15. The number of rotatable bonds is 5. The van der Waals surface area contributed by atoms with Gasteiger partial charge in [0, 0.05) is 27.3 Å². The molecule has 1 aromatic heterocycles. The Morgan fingerprint density at radius 1 is 1.28 bits per heavy atom. The van der Waals surface area contributed by atoms with Crippen molar-refractivity contribution in [2.75, 3.05) is 12.0 Å². The van der Waals surface area contributed by atoms with Gasteiger partial charge in [0.15, 0.2) is 0 Å². The van der Waals surface area contributed by atoms with Gasteiger partial charge in [-0.15, -0.1) is 0 Å². The van der Waals surface area contributed by atoms with Crippen molar-refractivity contribution >= 4 is 9.73 Å². The molecule has 0 bridgehead atoms. The van der Waals surface area contributed by atoms with E-state index in [0.717, 1.165) is 18.4 Å². The van der Waals surface area contributed by atoms with E-state index in [4.69, 9.17) is 0 Å². The fourth-order valence-corrected chi connectivity index (χ4v) is 4.31. The molecule has 0 amide bonds. The van der Waals surface area contributed by atoms with Crippen molar-refractivity contribution in [1.82, 2.24) is 10.1 Å². The summed E-state index contributed by atoms with van der Waals surface area (Å²) in [6, 6.07) is 6.61. The smallest absolute Gasteiger partial charge is 0.329 e. The third kappa shape index (κ3) is 4.59. The highest BCUT2D eigenvalue weighted by molar-refractivity contribution is 7.92. The zero-order chi connectivity index (χ0) is 18.1. The molecule has 5 nitrogen and oxygen atoms in total. The van der Waals surface area contributed by atoms with Gasteiger partial charge in [-0.05, 0) is 24.3 Å². The van der Waals surface area contributed by atoms with Gasteiger partial charge in [0.25, 0.3) is 0 Å². The number of nitrogens with zero attached hydrogens (tertiary/aromatic N) is 3. The van der Waals surface area contributed by atoms with E-state index < -0.39 is 21.8 Å². The van der Waals surface area contributed by atoms with Crippen LogP contribution >= 0.6 is 0 Å². The number of hydrogen-bond acceptors (Lipinski definition) is 5. The Bertz CT molecular complexity index is 848. The molecule has 136 valence electrons. The number of halogens is 3. The lowest BCUT2D eigenvalue weighted by Crippen LogP contribution is -2.21. The van der Waals surface area contributed by atoms with E-state index in [9.17, 15) is 17.4 Å². The van der Waals surface area contributed by atoms with Crippen LogP contribution in [0.2, 0.25) is 0 Å². The van der Waals surface area contributed by atoms with Gasteiger partial charge >= 0.3 is 12.1 Å². The lowest BCUT2D eigenvalue weighted by Gasteiger charge is -2.25. The molecule has 1 unspecified atom stereocenters. The van der Waals surface area contributed by atoms with Crippen LogP contribution in [0.25, 0.3) is 11.4 Å². The summed E-state index contributed by atoms with van der Waals surface area (Å²) in [7, 11) is -2.20. The quantitative estimate of drug-likeness (QED) is 0.789. The topological polar surface area (TPSA) is 68.3 Å². The van der Waals surface area contributed by atoms with Crippen LogP contribution < -0.4 is 0 Å². The molecule has 2 aromatic rings. The Hall–Kier alpha value is -1.90. The molecule has 1 aliphatic rings. The molecule has 9 heteroatoms. The van der Waals surface area contributed by atoms with Crippen LogP contribution in [0, 0.1) is 5.92 Å². The van der Waals surface area contributed by atoms with Crippen molar-refractivity contribution in [3.63, 3.8) is 0 Å². The lowest BCUT2D eigenvalue weighted by atomic mass is 9.87. The molecule has 0 N–H and O–H groups in total. The molecule has 0 aliphatic heterocycles. The average Bonchev–Trinajstić information content (AvgIpc) is 3.00. The zero-order valence-corrected chi connectivity index (χ0v) is 14.4. The normalized spacial score (nSPS) is 17.8. The lowest BCUT2D eigenvalue weighted by molar-refractivity contribution is -0.159. The predicted molar refractivity (Wildman–Crippen MR) is 87.1 cm³/mol. The molecule has 3 rings (SSSR count). The van der Waals surface area contributed by atoms with E-state index in [0.29, 0.717) is 23.8 Å². The largest absolute Gasteiger partial charge is 0.471 e. The highest BCUT2D eigenvalue weighted by Crippen LogP contribution is 2.30. The van der Waals surface area contributed by atoms with Crippen molar-refractivity contribution < 1.29 is 21.9 Å². The first-order valence-electron chi connectivity index (χ1n) is 7.89. The van der Waals surface area contributed by atoms with E-state index in [1.54, 1.807) is 30.5 Å². The molecule has 1 fully saturated rings. The number of alkyl halides is 3. The first-order valence-corrected chi connectivity index (χ1v) is 9.98. The third-order valence-electron chi connectivity index (χ3n) is 4.17. The van der Waals surface area contributed by atoms with E-state index in [2.05, 4.69) is 19.0 Å². The zero-order valence-electron chi connectivity index (χ0n) is 13.6. The summed E-state index contributed by atoms with van der Waals surface area (Å²) in [6.45, 7) is 0.308. The van der Waals surface area contributed by atoms with Gasteiger partial charge in [-0.1, -0.05) is 35.8 Å². The summed E-state index contributed by atoms with van der Waals surface area (Å²) in [6.07, 6.45) is 0.469. The van der Waals surface area contributed by atoms with Crippen molar-refractivity contribution in [3.05, 3.63) is 35.7 Å². The molecule has 0 spiro atoms. The van der Waals surface area contributed by atoms with Gasteiger partial charge < -0.3 is 4.52 Å². The van der Waals surface area contributed by atoms with Crippen molar-refractivity contribution in [3.8, 4) is 11.4 Å². The molecular formula is C16H18F3N3O2S. The fraction of sp³-hybridized carbons (Fsp3) is 0.500. The second kappa shape index (κ2) is 6.78. The Labute approximate surface area is 143 Å². The molecule has 1 atom stereocenters. The molecule has 25 heavy (non-hydrogen) atoms. The van der Waals surface area contributed by atoms with Gasteiger partial charge in [0.2, 0.25) is 5.82 Å². The van der Waals surface area contributed by atoms with Gasteiger partial charge in [-0.25, -0.2) is 4.36 Å². The average molecular weight is 373 g/mol. The molecule has 1 aliphatic carbocycles. The Balaban J connectivity index is 1.68. The summed E-state index contributed by atoms with van der Waals surface area (Å²) in [5.74, 6) is -0.346. The van der Waals surface area contributed by atoms with Crippen LogP contribution in [-0.4, -0.2) is 26.4 Å². The Kier molecular flexibility index (Phi) is 4.86. The van der Waals surface area contributed by atoms with Gasteiger partial charge in [-0.2, -0.15) is 18.2 Å². The van der Waals surface area contributed by atoms with Crippen LogP contribution in [0.15, 0.2) is 33.2 Å². The third-order valence-corrected chi connectivity index (χ3v) is 5.94. The van der Waals surface area contributed by atoms with Crippen molar-refractivity contribution in [1.29, 1.82) is 0 Å². The summed E-state index contributed by atoms with van der Waals surface area (Å²) in [4.78, 5) is 3.34. The number of aromatic nitrogens is 2. The van der Waals surface area contributed by atoms with Crippen LogP contribution in [0.3, 0.4) is 0 Å². The van der Waals surface area contributed by atoms with Gasteiger partial charge in [-0.3, -0.25) is 4.21 Å². The SMILES string of the molecule is CS(=O)(CC1CCC1)=NCc1ccc(-c2noc(C(F)(F)F)n2)cc1. The molecule has 1 aromatic carbocycles. The van der Waals surface area contributed by atoms with E-state index in [1.807, 2.05) is 0 Å². The summed E-state index contributed by atoms with van der Waals surface area (Å²) < 4.78 is 58.4. The minimum absolute atomic E-state index is 0.125. The molecule has 0 radical (unpaired) electrons. The molecule has 1 saturated carbocycles. The van der Waals surface area contributed by atoms with Gasteiger partial charge in [0.05, 0.1) is 6.54 Å². The summed E-state index contributed by atoms with van der Waals surface area (Å²) in [5.41, 5.74) is 1.24. The monoisotopic (exact) mass is 373 g/mol. The number of benzene rings is 1. The van der Waals surface area contributed by atoms with Crippen LogP contribution in [0.5, 0.6) is 0 Å². The summed E-state index contributed by atoms with van der Waals surface area (Å²) >= 11 is 0. The van der Waals surface area contributed by atoms with E-state index >= 15 is 0 Å². The first-order chi connectivity index (χ1) is 11.7. The molecule has 1 heterocycles. The fourth-order valence-electron chi connectivity index (χ4n) is 2.58. The summed E-state index contributed by atoms with van der Waals surface area (Å²) in [5, 5.41) is 3.34. The van der Waals surface area contributed by atoms with Crippen LogP contribution in [0.1, 0.15) is 30.7 Å². The maximum absolute atomic E-state index is 12.5. The maximum atomic E-state index is 12.5. The van der Waals surface area contributed by atoms with E-state index in [-0.39, 0.29) is 5.82 Å². The first kappa shape index (κ1) is 17.9. The second-order valence-electron chi connectivity index (χ2n) is 6.33. The maximum Gasteiger partial charge on any atom is 0.471 e. The van der Waals surface area contributed by atoms with Crippen molar-refractivity contribution in [2.24, 2.45) is 10.3 Å². The van der Waals surface area contributed by atoms with Crippen molar-refractivity contribution in [2.45, 2.75) is 32.0 Å². The van der Waals surface area contributed by atoms with Gasteiger partial charge in [0.1, 0.15) is 0 Å². The highest BCUT2D eigenvalue weighted by atomic mass is 32.2. The molecular weight excluding hydrogens is 355 g/mol. The second-order valence-corrected chi connectivity index (χ2v) is 8.84. The van der Waals surface area contributed by atoms with E-state index in [1.165, 1.54) is 6.42 Å². The standard InChI is InChI=1S/C16H18F3N3O2S/c1-25(23,10-12-3-2-4-12)20-9-11-5-7-13(8-6-11)14-21-15(24-22-14)16(17,18)19/h5-8,12H,2-4,9-10H2,1H3. The van der Waals surface area contributed by atoms with Crippen LogP contribution in [-0.2, 0) is 22.5 Å². The highest BCUT2D eigenvalue weighted by Gasteiger charge is 2.38. The molecule has 0 saturated heterocycles. The Morgan fingerprint density at radius 3 is 2.48 bits per heavy atom. The van der Waals surface area contributed by atoms with Crippen LogP contribution in [0.4, 0.5) is 13.2 Å². The minimum atomic E-state index is -4.66. The number of hydrogen-bond donors (Lipinski definition) is 0.